The molecule has 0 aliphatic carbocycles. The second-order valence-corrected chi connectivity index (χ2v) is 10.2. The van der Waals surface area contributed by atoms with Gasteiger partial charge in [0.25, 0.3) is 0 Å². The van der Waals surface area contributed by atoms with Crippen LogP contribution < -0.4 is 4.74 Å². The Kier molecular flexibility index (Phi) is 15.8. The Balaban J connectivity index is 1.59. The highest BCUT2D eigenvalue weighted by atomic mass is 16.5. The zero-order chi connectivity index (χ0) is 24.3. The third-order valence-electron chi connectivity index (χ3n) is 6.87. The quantitative estimate of drug-likeness (QED) is 0.170. The first-order chi connectivity index (χ1) is 16.7. The molecule has 0 radical (unpaired) electrons. The van der Waals surface area contributed by atoms with E-state index in [4.69, 9.17) is 9.47 Å². The van der Waals surface area contributed by atoms with Crippen molar-refractivity contribution in [3.8, 4) is 5.75 Å². The fourth-order valence-electron chi connectivity index (χ4n) is 4.57. The van der Waals surface area contributed by atoms with E-state index in [1.165, 1.54) is 113 Å². The highest BCUT2D eigenvalue weighted by Gasteiger charge is 2.03. The van der Waals surface area contributed by atoms with E-state index in [1.807, 2.05) is 0 Å². The fourth-order valence-corrected chi connectivity index (χ4v) is 4.57. The predicted molar refractivity (Wildman–Crippen MR) is 149 cm³/mol. The lowest BCUT2D eigenvalue weighted by atomic mass is 10.0. The monoisotopic (exact) mass is 468 g/mol. The van der Waals surface area contributed by atoms with Crippen LogP contribution in [0, 0.1) is 0 Å². The number of rotatable bonds is 21. The number of unbranched alkanes of at least 4 members (excludes halogenated alkanes) is 11. The molecule has 2 aromatic carbocycles. The summed E-state index contributed by atoms with van der Waals surface area (Å²) >= 11 is 0. The summed E-state index contributed by atoms with van der Waals surface area (Å²) in [7, 11) is 0. The van der Waals surface area contributed by atoms with Crippen molar-refractivity contribution < 1.29 is 9.47 Å². The molecule has 2 nitrogen and oxygen atoms in total. The Morgan fingerprint density at radius 3 is 2.06 bits per heavy atom. The number of aryl methyl sites for hydroxylation is 1. The zero-order valence-electron chi connectivity index (χ0n) is 22.6. The van der Waals surface area contributed by atoms with Crippen molar-refractivity contribution in [1.29, 1.82) is 0 Å². The molecule has 192 valence electrons. The Bertz CT molecular complexity index is 754. The van der Waals surface area contributed by atoms with Crippen molar-refractivity contribution in [3.63, 3.8) is 0 Å². The maximum atomic E-state index is 6.03. The maximum Gasteiger partial charge on any atom is 0.119 e. The van der Waals surface area contributed by atoms with Gasteiger partial charge in [0.05, 0.1) is 12.7 Å². The topological polar surface area (TPSA) is 18.5 Å². The lowest BCUT2D eigenvalue weighted by Crippen LogP contribution is -2.08. The Hall–Kier alpha value is -1.54. The van der Waals surface area contributed by atoms with Crippen LogP contribution in [0.3, 0.4) is 0 Å². The first-order valence-electron chi connectivity index (χ1n) is 14.5. The molecule has 0 N–H and O–H groups in total. The van der Waals surface area contributed by atoms with Gasteiger partial charge < -0.3 is 9.47 Å². The van der Waals surface area contributed by atoms with Crippen molar-refractivity contribution in [2.75, 3.05) is 13.2 Å². The summed E-state index contributed by atoms with van der Waals surface area (Å²) in [6.07, 6.45) is 21.1. The molecular weight excluding hydrogens is 416 g/mol. The molecule has 0 heterocycles. The highest BCUT2D eigenvalue weighted by molar-refractivity contribution is 5.84. The van der Waals surface area contributed by atoms with E-state index in [2.05, 4.69) is 57.2 Å². The minimum Gasteiger partial charge on any atom is -0.494 e. The molecule has 1 atom stereocenters. The van der Waals surface area contributed by atoms with E-state index in [1.54, 1.807) is 0 Å². The summed E-state index contributed by atoms with van der Waals surface area (Å²) in [4.78, 5) is 0. The predicted octanol–water partition coefficient (Wildman–Crippen LogP) is 10.1. The van der Waals surface area contributed by atoms with Crippen molar-refractivity contribution in [2.24, 2.45) is 0 Å². The number of benzene rings is 2. The van der Waals surface area contributed by atoms with E-state index in [-0.39, 0.29) is 0 Å². The van der Waals surface area contributed by atoms with Crippen LogP contribution in [0.1, 0.15) is 123 Å². The van der Waals surface area contributed by atoms with E-state index in [9.17, 15) is 0 Å². The molecule has 0 fully saturated rings. The lowest BCUT2D eigenvalue weighted by molar-refractivity contribution is 0.0566. The maximum absolute atomic E-state index is 6.03. The minimum absolute atomic E-state index is 0.418. The summed E-state index contributed by atoms with van der Waals surface area (Å²) < 4.78 is 11.9. The number of fused-ring (bicyclic) bond motifs is 1. The SMILES string of the molecule is CCCCCCCCCCOc1ccc2cc(CCCCCCC(C)OCCCC)ccc2c1. The van der Waals surface area contributed by atoms with Crippen LogP contribution in [-0.2, 0) is 11.2 Å². The Morgan fingerprint density at radius 2 is 1.26 bits per heavy atom. The van der Waals surface area contributed by atoms with E-state index < -0.39 is 0 Å². The summed E-state index contributed by atoms with van der Waals surface area (Å²) in [6, 6.07) is 13.5. The standard InChI is InChI=1S/C32H52O2/c1-4-6-8-9-10-11-14-17-25-34-32-23-22-30-26-29(20-21-31(30)27-32)19-16-13-12-15-18-28(3)33-24-7-5-2/h20-23,26-28H,4-19,24-25H2,1-3H3. The van der Waals surface area contributed by atoms with Gasteiger partial charge >= 0.3 is 0 Å². The van der Waals surface area contributed by atoms with Crippen LogP contribution in [0.2, 0.25) is 0 Å². The van der Waals surface area contributed by atoms with Crippen LogP contribution >= 0.6 is 0 Å². The van der Waals surface area contributed by atoms with Crippen LogP contribution in [0.15, 0.2) is 36.4 Å². The second-order valence-electron chi connectivity index (χ2n) is 10.2. The molecule has 2 aromatic rings. The lowest BCUT2D eigenvalue weighted by Gasteiger charge is -2.12. The van der Waals surface area contributed by atoms with Crippen LogP contribution in [0.25, 0.3) is 10.8 Å². The average Bonchev–Trinajstić information content (AvgIpc) is 2.85. The second kappa shape index (κ2) is 18.7. The van der Waals surface area contributed by atoms with Crippen LogP contribution in [-0.4, -0.2) is 19.3 Å². The minimum atomic E-state index is 0.418. The Morgan fingerprint density at radius 1 is 0.618 bits per heavy atom. The van der Waals surface area contributed by atoms with Gasteiger partial charge in [0.15, 0.2) is 0 Å². The van der Waals surface area contributed by atoms with Crippen LogP contribution in [0.4, 0.5) is 0 Å². The molecule has 0 aliphatic heterocycles. The van der Waals surface area contributed by atoms with Gasteiger partial charge in [-0.15, -0.1) is 0 Å². The van der Waals surface area contributed by atoms with Gasteiger partial charge in [-0.25, -0.2) is 0 Å². The third-order valence-corrected chi connectivity index (χ3v) is 6.87. The molecule has 34 heavy (non-hydrogen) atoms. The van der Waals surface area contributed by atoms with Gasteiger partial charge in [-0.3, -0.25) is 0 Å². The molecule has 0 aliphatic rings. The molecule has 0 bridgehead atoms. The zero-order valence-corrected chi connectivity index (χ0v) is 22.6. The average molecular weight is 469 g/mol. The largest absolute Gasteiger partial charge is 0.494 e. The first kappa shape index (κ1) is 28.7. The summed E-state index contributed by atoms with van der Waals surface area (Å²) in [5.41, 5.74) is 1.45. The van der Waals surface area contributed by atoms with Crippen LogP contribution in [0.5, 0.6) is 5.75 Å². The van der Waals surface area contributed by atoms with Crippen molar-refractivity contribution in [3.05, 3.63) is 42.0 Å². The summed E-state index contributed by atoms with van der Waals surface area (Å²) in [6.45, 7) is 8.47. The molecule has 0 amide bonds. The van der Waals surface area contributed by atoms with Crippen molar-refractivity contribution in [2.45, 2.75) is 130 Å². The fraction of sp³-hybridized carbons (Fsp3) is 0.688. The van der Waals surface area contributed by atoms with Gasteiger partial charge in [-0.1, -0.05) is 109 Å². The molecule has 0 aromatic heterocycles. The van der Waals surface area contributed by atoms with Crippen molar-refractivity contribution in [1.82, 2.24) is 0 Å². The summed E-state index contributed by atoms with van der Waals surface area (Å²) in [5.74, 6) is 1.01. The van der Waals surface area contributed by atoms with Gasteiger partial charge in [0.1, 0.15) is 5.75 Å². The van der Waals surface area contributed by atoms with E-state index in [0.29, 0.717) is 6.10 Å². The first-order valence-corrected chi connectivity index (χ1v) is 14.5. The van der Waals surface area contributed by atoms with Gasteiger partial charge in [0, 0.05) is 6.61 Å². The number of hydrogen-bond acceptors (Lipinski definition) is 2. The molecule has 0 saturated heterocycles. The Labute approximate surface area is 210 Å². The molecule has 1 unspecified atom stereocenters. The number of hydrogen-bond donors (Lipinski definition) is 0. The molecule has 2 rings (SSSR count). The summed E-state index contributed by atoms with van der Waals surface area (Å²) in [5, 5.41) is 2.62. The number of ether oxygens (including phenoxy) is 2. The van der Waals surface area contributed by atoms with Gasteiger partial charge in [-0.05, 0) is 67.5 Å². The van der Waals surface area contributed by atoms with E-state index in [0.717, 1.165) is 25.4 Å². The smallest absolute Gasteiger partial charge is 0.119 e. The molecule has 0 spiro atoms. The third kappa shape index (κ3) is 12.8. The highest BCUT2D eigenvalue weighted by Crippen LogP contribution is 2.23. The molecular formula is C32H52O2. The van der Waals surface area contributed by atoms with E-state index >= 15 is 0 Å². The molecule has 2 heteroatoms. The normalized spacial score (nSPS) is 12.3. The molecule has 0 saturated carbocycles. The van der Waals surface area contributed by atoms with Gasteiger partial charge in [0.2, 0.25) is 0 Å². The van der Waals surface area contributed by atoms with Gasteiger partial charge in [-0.2, -0.15) is 0 Å². The van der Waals surface area contributed by atoms with Crippen molar-refractivity contribution >= 4 is 10.8 Å².